The van der Waals surface area contributed by atoms with Gasteiger partial charge in [-0.25, -0.2) is 0 Å². The molecule has 2 nitrogen and oxygen atoms in total. The quantitative estimate of drug-likeness (QED) is 0.782. The van der Waals surface area contributed by atoms with Crippen LogP contribution < -0.4 is 5.73 Å². The Morgan fingerprint density at radius 2 is 1.84 bits per heavy atom. The van der Waals surface area contributed by atoms with Crippen molar-refractivity contribution in [3.8, 4) is 0 Å². The van der Waals surface area contributed by atoms with Crippen LogP contribution in [0.15, 0.2) is 35.9 Å². The fraction of sp³-hybridized carbons (Fsp3) is 0.471. The molecule has 2 N–H and O–H groups in total. The molecule has 2 fully saturated rings. The largest absolute Gasteiger partial charge is 0.398 e. The number of rotatable bonds is 1. The van der Waals surface area contributed by atoms with E-state index in [1.54, 1.807) is 0 Å². The lowest BCUT2D eigenvalue weighted by atomic mass is 9.70. The maximum atomic E-state index is 12.8. The summed E-state index contributed by atoms with van der Waals surface area (Å²) >= 11 is 0. The van der Waals surface area contributed by atoms with E-state index in [1.165, 1.54) is 0 Å². The monoisotopic (exact) mass is 255 g/mol. The molecular formula is C17H21NO. The maximum absolute atomic E-state index is 12.8. The van der Waals surface area contributed by atoms with Gasteiger partial charge in [0.2, 0.25) is 0 Å². The number of Topliss-reactive ketones (excluding diaryl/α,β-unsaturated/α-hetero) is 1. The van der Waals surface area contributed by atoms with Crippen molar-refractivity contribution in [2.45, 2.75) is 33.6 Å². The third-order valence-corrected chi connectivity index (χ3v) is 5.70. The number of fused-ring (bicyclic) bond motifs is 2. The summed E-state index contributed by atoms with van der Waals surface area (Å²) in [4.78, 5) is 12.8. The summed E-state index contributed by atoms with van der Waals surface area (Å²) in [5.74, 6) is 0.584. The fourth-order valence-electron chi connectivity index (χ4n) is 3.95. The van der Waals surface area contributed by atoms with Crippen molar-refractivity contribution in [3.05, 3.63) is 41.5 Å². The zero-order valence-corrected chi connectivity index (χ0v) is 11.9. The van der Waals surface area contributed by atoms with Crippen LogP contribution in [0.5, 0.6) is 0 Å². The van der Waals surface area contributed by atoms with Crippen LogP contribution in [-0.2, 0) is 4.79 Å². The molecule has 100 valence electrons. The Labute approximate surface area is 114 Å². The van der Waals surface area contributed by atoms with E-state index in [-0.39, 0.29) is 16.6 Å². The minimum Gasteiger partial charge on any atom is -0.398 e. The molecule has 0 aromatic heterocycles. The SMILES string of the molecule is CC12CCC(C(=C(N)c3ccccc3)C1=O)C2(C)C. The topological polar surface area (TPSA) is 43.1 Å². The summed E-state index contributed by atoms with van der Waals surface area (Å²) in [5, 5.41) is 0. The second-order valence-electron chi connectivity index (χ2n) is 6.67. The molecule has 2 saturated carbocycles. The third-order valence-electron chi connectivity index (χ3n) is 5.70. The van der Waals surface area contributed by atoms with Gasteiger partial charge in [0.25, 0.3) is 0 Å². The summed E-state index contributed by atoms with van der Waals surface area (Å²) in [7, 11) is 0. The van der Waals surface area contributed by atoms with E-state index < -0.39 is 0 Å². The average Bonchev–Trinajstić information content (AvgIpc) is 2.71. The Balaban J connectivity index is 2.16. The molecule has 0 aliphatic heterocycles. The highest BCUT2D eigenvalue weighted by molar-refractivity contribution is 6.09. The molecule has 2 bridgehead atoms. The Bertz CT molecular complexity index is 570. The number of hydrogen-bond acceptors (Lipinski definition) is 2. The lowest BCUT2D eigenvalue weighted by Gasteiger charge is -2.31. The van der Waals surface area contributed by atoms with Crippen molar-refractivity contribution < 1.29 is 4.79 Å². The molecule has 0 amide bonds. The molecule has 2 aliphatic rings. The second kappa shape index (κ2) is 3.72. The van der Waals surface area contributed by atoms with Gasteiger partial charge >= 0.3 is 0 Å². The summed E-state index contributed by atoms with van der Waals surface area (Å²) in [5.41, 5.74) is 8.65. The van der Waals surface area contributed by atoms with E-state index in [1.807, 2.05) is 30.3 Å². The smallest absolute Gasteiger partial charge is 0.167 e. The summed E-state index contributed by atoms with van der Waals surface area (Å²) in [6.45, 7) is 6.54. The molecule has 0 heterocycles. The molecule has 1 aromatic rings. The molecule has 2 atom stereocenters. The predicted molar refractivity (Wildman–Crippen MR) is 77.2 cm³/mol. The normalized spacial score (nSPS) is 34.7. The van der Waals surface area contributed by atoms with Gasteiger partial charge in [0.05, 0.1) is 0 Å². The minimum absolute atomic E-state index is 0.0266. The van der Waals surface area contributed by atoms with Crippen molar-refractivity contribution in [2.75, 3.05) is 0 Å². The molecule has 2 unspecified atom stereocenters. The van der Waals surface area contributed by atoms with Crippen molar-refractivity contribution in [1.82, 2.24) is 0 Å². The van der Waals surface area contributed by atoms with Gasteiger partial charge in [0, 0.05) is 16.7 Å². The van der Waals surface area contributed by atoms with Gasteiger partial charge in [0.15, 0.2) is 5.78 Å². The van der Waals surface area contributed by atoms with Gasteiger partial charge in [-0.2, -0.15) is 0 Å². The number of hydrogen-bond donors (Lipinski definition) is 1. The van der Waals surface area contributed by atoms with E-state index >= 15 is 0 Å². The first-order valence-electron chi connectivity index (χ1n) is 6.99. The number of benzene rings is 1. The number of nitrogens with two attached hydrogens (primary N) is 1. The number of allylic oxidation sites excluding steroid dienone is 1. The van der Waals surface area contributed by atoms with E-state index in [4.69, 9.17) is 5.73 Å². The van der Waals surface area contributed by atoms with Gasteiger partial charge in [-0.15, -0.1) is 0 Å². The van der Waals surface area contributed by atoms with Crippen LogP contribution in [0.25, 0.3) is 5.70 Å². The number of carbonyl (C=O) groups excluding carboxylic acids is 1. The van der Waals surface area contributed by atoms with Crippen LogP contribution in [0.1, 0.15) is 39.2 Å². The standard InChI is InChI=1S/C17H21NO/c1-16(2)12-9-10-17(16,3)15(19)13(12)14(18)11-7-5-4-6-8-11/h4-8,12H,9-10,18H2,1-3H3. The predicted octanol–water partition coefficient (Wildman–Crippen LogP) is 3.38. The van der Waals surface area contributed by atoms with Crippen LogP contribution in [0.2, 0.25) is 0 Å². The van der Waals surface area contributed by atoms with Crippen LogP contribution in [-0.4, -0.2) is 5.78 Å². The number of carbonyl (C=O) groups is 1. The zero-order valence-electron chi connectivity index (χ0n) is 11.9. The Morgan fingerprint density at radius 3 is 2.37 bits per heavy atom. The molecule has 0 spiro atoms. The first-order chi connectivity index (χ1) is 8.89. The highest BCUT2D eigenvalue weighted by Gasteiger charge is 2.64. The summed E-state index contributed by atoms with van der Waals surface area (Å²) in [6.07, 6.45) is 2.08. The molecule has 0 saturated heterocycles. The average molecular weight is 255 g/mol. The highest BCUT2D eigenvalue weighted by atomic mass is 16.1. The van der Waals surface area contributed by atoms with E-state index in [2.05, 4.69) is 20.8 Å². The van der Waals surface area contributed by atoms with Gasteiger partial charge < -0.3 is 5.73 Å². The molecule has 2 heteroatoms. The fourth-order valence-corrected chi connectivity index (χ4v) is 3.95. The van der Waals surface area contributed by atoms with Crippen molar-refractivity contribution in [1.29, 1.82) is 0 Å². The Hall–Kier alpha value is -1.57. The van der Waals surface area contributed by atoms with Crippen molar-refractivity contribution in [2.24, 2.45) is 22.5 Å². The van der Waals surface area contributed by atoms with Crippen LogP contribution in [0.3, 0.4) is 0 Å². The maximum Gasteiger partial charge on any atom is 0.167 e. The van der Waals surface area contributed by atoms with Crippen molar-refractivity contribution >= 4 is 11.5 Å². The van der Waals surface area contributed by atoms with Crippen molar-refractivity contribution in [3.63, 3.8) is 0 Å². The van der Waals surface area contributed by atoms with Crippen LogP contribution in [0.4, 0.5) is 0 Å². The van der Waals surface area contributed by atoms with Crippen LogP contribution >= 0.6 is 0 Å². The Kier molecular flexibility index (Phi) is 2.44. The van der Waals surface area contributed by atoms with Gasteiger partial charge in [-0.3, -0.25) is 4.79 Å². The van der Waals surface area contributed by atoms with Gasteiger partial charge in [0.1, 0.15) is 0 Å². The van der Waals surface area contributed by atoms with Crippen LogP contribution in [0, 0.1) is 16.7 Å². The molecule has 3 rings (SSSR count). The molecular weight excluding hydrogens is 234 g/mol. The van der Waals surface area contributed by atoms with Gasteiger partial charge in [-0.05, 0) is 29.7 Å². The second-order valence-corrected chi connectivity index (χ2v) is 6.67. The van der Waals surface area contributed by atoms with E-state index in [0.717, 1.165) is 24.0 Å². The van der Waals surface area contributed by atoms with Gasteiger partial charge in [-0.1, -0.05) is 51.1 Å². The Morgan fingerprint density at radius 1 is 1.21 bits per heavy atom. The zero-order chi connectivity index (χ0) is 13.8. The molecule has 1 aromatic carbocycles. The van der Waals surface area contributed by atoms with E-state index in [0.29, 0.717) is 11.6 Å². The first-order valence-corrected chi connectivity index (χ1v) is 6.99. The molecule has 2 aliphatic carbocycles. The lowest BCUT2D eigenvalue weighted by Crippen LogP contribution is -2.32. The third kappa shape index (κ3) is 1.40. The molecule has 0 radical (unpaired) electrons. The number of ketones is 1. The lowest BCUT2D eigenvalue weighted by molar-refractivity contribution is -0.125. The summed E-state index contributed by atoms with van der Waals surface area (Å²) < 4.78 is 0. The van der Waals surface area contributed by atoms with E-state index in [9.17, 15) is 4.79 Å². The first kappa shape index (κ1) is 12.5. The highest BCUT2D eigenvalue weighted by Crippen LogP contribution is 2.66. The molecule has 19 heavy (non-hydrogen) atoms. The minimum atomic E-state index is -0.230. The summed E-state index contributed by atoms with van der Waals surface area (Å²) in [6, 6.07) is 9.86.